The van der Waals surface area contributed by atoms with Gasteiger partial charge in [-0.15, -0.1) is 34.0 Å². The minimum Gasteiger partial charge on any atom is -0.508 e. The van der Waals surface area contributed by atoms with E-state index in [-0.39, 0.29) is 17.6 Å². The van der Waals surface area contributed by atoms with E-state index in [1.54, 1.807) is 34.0 Å². The lowest BCUT2D eigenvalue weighted by atomic mass is 10.1. The molecule has 11 heteroatoms. The van der Waals surface area contributed by atoms with Crippen molar-refractivity contribution in [1.82, 2.24) is 0 Å². The smallest absolute Gasteiger partial charge is 0.182 e. The third kappa shape index (κ3) is 5.47. The van der Waals surface area contributed by atoms with E-state index < -0.39 is 0 Å². The summed E-state index contributed by atoms with van der Waals surface area (Å²) in [5, 5.41) is 23.6. The van der Waals surface area contributed by atoms with Gasteiger partial charge >= 0.3 is 0 Å². The van der Waals surface area contributed by atoms with E-state index in [2.05, 4.69) is 25.7 Å². The van der Waals surface area contributed by atoms with Crippen molar-refractivity contribution >= 4 is 34.0 Å². The first kappa shape index (κ1) is 27.4. The fraction of sp³-hybridized carbons (Fsp3) is 0.333. The van der Waals surface area contributed by atoms with Crippen LogP contribution in [0.3, 0.4) is 0 Å². The first-order chi connectivity index (χ1) is 20.1. The molecule has 6 heterocycles. The fourth-order valence-electron chi connectivity index (χ4n) is 4.34. The zero-order chi connectivity index (χ0) is 28.3. The van der Waals surface area contributed by atoms with Gasteiger partial charge < -0.3 is 38.6 Å². The van der Waals surface area contributed by atoms with Gasteiger partial charge in [-0.3, -0.25) is 0 Å². The summed E-state index contributed by atoms with van der Waals surface area (Å²) < 4.78 is 36.3. The van der Waals surface area contributed by atoms with Crippen LogP contribution in [-0.4, -0.2) is 49.4 Å². The summed E-state index contributed by atoms with van der Waals surface area (Å²) in [7, 11) is 0. The molecule has 214 valence electrons. The van der Waals surface area contributed by atoms with Gasteiger partial charge in [0.25, 0.3) is 0 Å². The monoisotopic (exact) mass is 612 g/mol. The van der Waals surface area contributed by atoms with Crippen molar-refractivity contribution in [3.8, 4) is 77.3 Å². The first-order valence-electron chi connectivity index (χ1n) is 13.3. The molecule has 1 atom stereocenters. The Morgan fingerprint density at radius 1 is 0.780 bits per heavy atom. The van der Waals surface area contributed by atoms with Crippen LogP contribution in [-0.2, 0) is 0 Å². The molecule has 7 rings (SSSR count). The third-order valence-electron chi connectivity index (χ3n) is 6.07. The summed E-state index contributed by atoms with van der Waals surface area (Å²) in [6, 6.07) is 4.25. The number of benzene rings is 1. The van der Waals surface area contributed by atoms with Crippen molar-refractivity contribution in [3.05, 3.63) is 34.5 Å². The highest BCUT2D eigenvalue weighted by Crippen LogP contribution is 2.61. The van der Waals surface area contributed by atoms with E-state index in [9.17, 15) is 10.2 Å². The highest BCUT2D eigenvalue weighted by molar-refractivity contribution is 7.27. The Morgan fingerprint density at radius 2 is 1.39 bits per heavy atom. The van der Waals surface area contributed by atoms with Crippen LogP contribution in [0.1, 0.15) is 32.3 Å². The van der Waals surface area contributed by atoms with E-state index in [0.717, 1.165) is 42.5 Å². The molecule has 3 aliphatic heterocycles. The molecule has 3 aliphatic rings. The van der Waals surface area contributed by atoms with Crippen molar-refractivity contribution in [3.63, 3.8) is 0 Å². The number of hydrogen-bond acceptors (Lipinski definition) is 11. The number of phenolic OH excluding ortho intramolecular Hbond substituents is 2. The molecule has 0 spiro atoms. The Bertz CT molecular complexity index is 1610. The van der Waals surface area contributed by atoms with E-state index >= 15 is 0 Å². The maximum absolute atomic E-state index is 10.0. The van der Waals surface area contributed by atoms with Gasteiger partial charge in [0.05, 0.1) is 25.1 Å². The largest absolute Gasteiger partial charge is 0.508 e. The SMILES string of the molecule is CCC.Oc1ccc(O)c(C#CCC2COc3c(-c4scc5c4OCCO5)sc(-c4scc5c4OCCO5)c3O2)c1. The van der Waals surface area contributed by atoms with Crippen molar-refractivity contribution < 1.29 is 38.6 Å². The predicted molar refractivity (Wildman–Crippen MR) is 160 cm³/mol. The molecule has 0 bridgehead atoms. The van der Waals surface area contributed by atoms with Gasteiger partial charge in [0.1, 0.15) is 50.6 Å². The van der Waals surface area contributed by atoms with Gasteiger partial charge in [0, 0.05) is 17.2 Å². The third-order valence-corrected chi connectivity index (χ3v) is 9.43. The second kappa shape index (κ2) is 12.0. The quantitative estimate of drug-likeness (QED) is 0.186. The van der Waals surface area contributed by atoms with Crippen LogP contribution < -0.4 is 28.4 Å². The van der Waals surface area contributed by atoms with Gasteiger partial charge in [0.15, 0.2) is 34.5 Å². The number of thiophene rings is 3. The van der Waals surface area contributed by atoms with Crippen LogP contribution in [0.5, 0.6) is 46.0 Å². The highest BCUT2D eigenvalue weighted by Gasteiger charge is 2.35. The number of ether oxygens (including phenoxy) is 6. The van der Waals surface area contributed by atoms with Crippen LogP contribution in [0.25, 0.3) is 19.5 Å². The Labute approximate surface area is 249 Å². The van der Waals surface area contributed by atoms with Crippen molar-refractivity contribution in [2.24, 2.45) is 0 Å². The summed E-state index contributed by atoms with van der Waals surface area (Å²) in [5.41, 5.74) is 0.355. The maximum atomic E-state index is 10.0. The molecule has 0 radical (unpaired) electrons. The lowest BCUT2D eigenvalue weighted by Crippen LogP contribution is -2.28. The average Bonchev–Trinajstić information content (AvgIpc) is 3.70. The summed E-state index contributed by atoms with van der Waals surface area (Å²) >= 11 is 4.66. The molecule has 41 heavy (non-hydrogen) atoms. The molecule has 3 aromatic heterocycles. The number of hydrogen-bond donors (Lipinski definition) is 2. The van der Waals surface area contributed by atoms with Crippen molar-refractivity contribution in [2.45, 2.75) is 32.8 Å². The van der Waals surface area contributed by atoms with Gasteiger partial charge in [-0.05, 0) is 18.2 Å². The Kier molecular flexibility index (Phi) is 8.05. The number of fused-ring (bicyclic) bond motifs is 3. The average molecular weight is 613 g/mol. The molecule has 4 aromatic rings. The standard InChI is InChI=1S/C27H20O8S3.C3H8/c28-15-4-5-17(29)14(10-15)2-1-3-16-11-34-22-23(35-16)27(25-21-19(13-37-25)31-7-9-33-21)38-26(22)24-20-18(12-36-24)30-6-8-32-20;1-3-2/h4-5,10,12-13,16,28-29H,3,6-9,11H2;3H2,1-2H3. The minimum atomic E-state index is -0.333. The summed E-state index contributed by atoms with van der Waals surface area (Å²) in [5.74, 6) is 10.2. The second-order valence-electron chi connectivity index (χ2n) is 9.29. The van der Waals surface area contributed by atoms with Crippen molar-refractivity contribution in [2.75, 3.05) is 33.0 Å². The van der Waals surface area contributed by atoms with Crippen molar-refractivity contribution in [1.29, 1.82) is 0 Å². The normalized spacial score (nSPS) is 16.2. The molecule has 1 aromatic carbocycles. The summed E-state index contributed by atoms with van der Waals surface area (Å²) in [4.78, 5) is 3.68. The van der Waals surface area contributed by atoms with Gasteiger partial charge in [-0.2, -0.15) is 0 Å². The second-order valence-corrected chi connectivity index (χ2v) is 12.1. The minimum absolute atomic E-state index is 0.0123. The molecule has 0 saturated heterocycles. The summed E-state index contributed by atoms with van der Waals surface area (Å²) in [6.45, 7) is 6.58. The van der Waals surface area contributed by atoms with Gasteiger partial charge in [0.2, 0.25) is 0 Å². The van der Waals surface area contributed by atoms with E-state index in [1.807, 2.05) is 10.8 Å². The molecule has 0 fully saturated rings. The zero-order valence-corrected chi connectivity index (χ0v) is 24.9. The van der Waals surface area contributed by atoms with Crippen LogP contribution in [0.4, 0.5) is 0 Å². The number of rotatable bonds is 3. The number of phenols is 2. The lowest BCUT2D eigenvalue weighted by Gasteiger charge is -2.25. The molecule has 2 N–H and O–H groups in total. The summed E-state index contributed by atoms with van der Waals surface area (Å²) in [6.07, 6.45) is 1.28. The molecule has 0 aliphatic carbocycles. The Morgan fingerprint density at radius 3 is 2.05 bits per heavy atom. The topological polar surface area (TPSA) is 95.8 Å². The molecule has 0 saturated carbocycles. The lowest BCUT2D eigenvalue weighted by molar-refractivity contribution is 0.0971. The molecule has 8 nitrogen and oxygen atoms in total. The van der Waals surface area contributed by atoms with E-state index in [0.29, 0.717) is 56.5 Å². The molecule has 0 amide bonds. The maximum Gasteiger partial charge on any atom is 0.182 e. The van der Waals surface area contributed by atoms with Crippen LogP contribution in [0.15, 0.2) is 29.0 Å². The Hall–Kier alpha value is -3.72. The first-order valence-corrected chi connectivity index (χ1v) is 15.9. The van der Waals surface area contributed by atoms with Crippen LogP contribution in [0.2, 0.25) is 0 Å². The van der Waals surface area contributed by atoms with Crippen LogP contribution in [0, 0.1) is 11.8 Å². The fourth-order valence-corrected chi connectivity index (χ4v) is 7.66. The van der Waals surface area contributed by atoms with E-state index in [1.165, 1.54) is 24.6 Å². The molecule has 1 unspecified atom stereocenters. The zero-order valence-electron chi connectivity index (χ0n) is 22.5. The predicted octanol–water partition coefficient (Wildman–Crippen LogP) is 7.16. The van der Waals surface area contributed by atoms with Crippen LogP contribution >= 0.6 is 34.0 Å². The Balaban J connectivity index is 0.000000967. The molecular formula is C30H28O8S3. The van der Waals surface area contributed by atoms with Gasteiger partial charge in [-0.1, -0.05) is 32.1 Å². The highest BCUT2D eigenvalue weighted by atomic mass is 32.1. The van der Waals surface area contributed by atoms with E-state index in [4.69, 9.17) is 28.4 Å². The molecular weight excluding hydrogens is 585 g/mol. The van der Waals surface area contributed by atoms with Gasteiger partial charge in [-0.25, -0.2) is 0 Å². The number of aromatic hydroxyl groups is 2.